The van der Waals surface area contributed by atoms with Gasteiger partial charge in [0.2, 0.25) is 5.95 Å². The molecule has 152 valence electrons. The number of anilines is 2. The molecule has 0 saturated carbocycles. The Morgan fingerprint density at radius 1 is 1.23 bits per heavy atom. The summed E-state index contributed by atoms with van der Waals surface area (Å²) in [5.41, 5.74) is 7.93. The number of nitrogens with one attached hydrogen (secondary N) is 1. The van der Waals surface area contributed by atoms with Crippen LogP contribution in [0, 0.1) is 24.6 Å². The Morgan fingerprint density at radius 3 is 2.67 bits per heavy atom. The number of hydrogen-bond donors (Lipinski definition) is 2. The van der Waals surface area contributed by atoms with Crippen LogP contribution in [0.4, 0.5) is 16.2 Å². The molecule has 3 rings (SSSR count). The minimum Gasteiger partial charge on any atom is -0.462 e. The van der Waals surface area contributed by atoms with E-state index in [1.807, 2.05) is 6.07 Å². The Balaban J connectivity index is 2.06. The maximum Gasteiger partial charge on any atom is 0.338 e. The molecule has 30 heavy (non-hydrogen) atoms. The van der Waals surface area contributed by atoms with E-state index in [0.717, 1.165) is 11.9 Å². The average Bonchev–Trinajstić information content (AvgIpc) is 2.73. The van der Waals surface area contributed by atoms with Gasteiger partial charge in [-0.25, -0.2) is 24.1 Å². The van der Waals surface area contributed by atoms with Gasteiger partial charge in [0.05, 0.1) is 29.1 Å². The highest BCUT2D eigenvalue weighted by Gasteiger charge is 2.17. The van der Waals surface area contributed by atoms with Gasteiger partial charge in [-0.15, -0.1) is 0 Å². The van der Waals surface area contributed by atoms with Gasteiger partial charge in [0.1, 0.15) is 11.6 Å². The van der Waals surface area contributed by atoms with E-state index < -0.39 is 11.8 Å². The van der Waals surface area contributed by atoms with Gasteiger partial charge in [-0.3, -0.25) is 0 Å². The molecule has 2 heterocycles. The number of rotatable bonds is 4. The summed E-state index contributed by atoms with van der Waals surface area (Å²) in [5, 5.41) is 2.93. The molecule has 3 N–H and O–H groups in total. The van der Waals surface area contributed by atoms with Gasteiger partial charge in [0.25, 0.3) is 0 Å². The van der Waals surface area contributed by atoms with Crippen LogP contribution in [0.3, 0.4) is 0 Å². The highest BCUT2D eigenvalue weighted by Crippen LogP contribution is 2.27. The highest BCUT2D eigenvalue weighted by atomic mass is 19.1. The van der Waals surface area contributed by atoms with Crippen molar-refractivity contribution in [2.24, 2.45) is 0 Å². The summed E-state index contributed by atoms with van der Waals surface area (Å²) < 4.78 is 19.8. The Kier molecular flexibility index (Phi) is 6.23. The van der Waals surface area contributed by atoms with Crippen LogP contribution < -0.4 is 11.1 Å². The minimum absolute atomic E-state index is 0.00181. The summed E-state index contributed by atoms with van der Waals surface area (Å²) in [7, 11) is 1.77. The summed E-state index contributed by atoms with van der Waals surface area (Å²) >= 11 is 0. The van der Waals surface area contributed by atoms with E-state index in [9.17, 15) is 9.18 Å². The topological polar surface area (TPSA) is 103 Å². The Morgan fingerprint density at radius 2 is 2.03 bits per heavy atom. The van der Waals surface area contributed by atoms with Gasteiger partial charge in [0.15, 0.2) is 0 Å². The van der Waals surface area contributed by atoms with Gasteiger partial charge in [-0.1, -0.05) is 11.8 Å². The number of esters is 1. The summed E-state index contributed by atoms with van der Waals surface area (Å²) in [6.07, 6.45) is 1.63. The molecule has 2 aromatic heterocycles. The molecule has 0 saturated heterocycles. The predicted octanol–water partition coefficient (Wildman–Crippen LogP) is 3.19. The third-order valence-electron chi connectivity index (χ3n) is 4.19. The lowest BCUT2D eigenvalue weighted by Gasteiger charge is -2.10. The van der Waals surface area contributed by atoms with Crippen LogP contribution in [0.15, 0.2) is 36.5 Å². The number of hydrogen-bond acceptors (Lipinski definition) is 7. The average molecular weight is 405 g/mol. The largest absolute Gasteiger partial charge is 0.462 e. The fourth-order valence-electron chi connectivity index (χ4n) is 2.74. The summed E-state index contributed by atoms with van der Waals surface area (Å²) in [4.78, 5) is 24.4. The molecule has 0 spiro atoms. The van der Waals surface area contributed by atoms with Crippen LogP contribution in [-0.4, -0.2) is 34.6 Å². The van der Waals surface area contributed by atoms with Crippen molar-refractivity contribution >= 4 is 17.7 Å². The lowest BCUT2D eigenvalue weighted by Crippen LogP contribution is -2.07. The minimum atomic E-state index is -0.638. The Labute approximate surface area is 173 Å². The fraction of sp³-hybridized carbons (Fsp3) is 0.182. The zero-order chi connectivity index (χ0) is 21.7. The lowest BCUT2D eigenvalue weighted by atomic mass is 10.0. The Hall–Kier alpha value is -3.99. The molecule has 0 radical (unpaired) electrons. The number of carbonyl (C=O) groups is 1. The van der Waals surface area contributed by atoms with E-state index in [0.29, 0.717) is 16.8 Å². The molecule has 8 heteroatoms. The van der Waals surface area contributed by atoms with Gasteiger partial charge in [0, 0.05) is 24.4 Å². The van der Waals surface area contributed by atoms with E-state index >= 15 is 0 Å². The first-order valence-electron chi connectivity index (χ1n) is 9.20. The zero-order valence-corrected chi connectivity index (χ0v) is 16.8. The first-order chi connectivity index (χ1) is 14.4. The van der Waals surface area contributed by atoms with Crippen molar-refractivity contribution in [3.63, 3.8) is 0 Å². The van der Waals surface area contributed by atoms with Gasteiger partial charge in [-0.05, 0) is 44.2 Å². The monoisotopic (exact) mass is 405 g/mol. The van der Waals surface area contributed by atoms with Gasteiger partial charge in [-0.2, -0.15) is 0 Å². The molecule has 0 aliphatic carbocycles. The van der Waals surface area contributed by atoms with Crippen molar-refractivity contribution in [2.75, 3.05) is 24.7 Å². The number of nitrogens with two attached hydrogens (primary N) is 1. The molecule has 0 atom stereocenters. The molecule has 1 aromatic carbocycles. The molecule has 0 aliphatic heterocycles. The van der Waals surface area contributed by atoms with Crippen molar-refractivity contribution < 1.29 is 13.9 Å². The molecule has 0 aliphatic rings. The van der Waals surface area contributed by atoms with Crippen LogP contribution >= 0.6 is 0 Å². The number of nitrogens with zero attached hydrogens (tertiary/aromatic N) is 3. The second-order valence-corrected chi connectivity index (χ2v) is 6.24. The van der Waals surface area contributed by atoms with E-state index in [4.69, 9.17) is 10.5 Å². The molecular formula is C22H20FN5O2. The smallest absolute Gasteiger partial charge is 0.338 e. The standard InChI is InChI=1S/C22H20FN5O2/c1-4-30-21(29)15-7-9-17(18(23)11-15)20-16(13(2)27-22(24)28-20)8-5-14-6-10-19(25-3)26-12-14/h6-7,9-12H,4H2,1-3H3,(H,25,26)(H2,24,27,28). The fourth-order valence-corrected chi connectivity index (χ4v) is 2.74. The number of aromatic nitrogens is 3. The number of nitrogen functional groups attached to an aromatic ring is 1. The van der Waals surface area contributed by atoms with E-state index in [1.165, 1.54) is 12.1 Å². The second kappa shape index (κ2) is 9.01. The normalized spacial score (nSPS) is 10.1. The van der Waals surface area contributed by atoms with E-state index in [1.54, 1.807) is 33.2 Å². The molecule has 0 bridgehead atoms. The van der Waals surface area contributed by atoms with Crippen LogP contribution in [0.2, 0.25) is 0 Å². The maximum absolute atomic E-state index is 14.9. The third-order valence-corrected chi connectivity index (χ3v) is 4.19. The molecule has 0 unspecified atom stereocenters. The molecule has 7 nitrogen and oxygen atoms in total. The SMILES string of the molecule is CCOC(=O)c1ccc(-c2nc(N)nc(C)c2C#Cc2ccc(NC)nc2)c(F)c1. The summed E-state index contributed by atoms with van der Waals surface area (Å²) in [5.74, 6) is 5.47. The zero-order valence-electron chi connectivity index (χ0n) is 16.8. The van der Waals surface area contributed by atoms with Crippen LogP contribution in [0.25, 0.3) is 11.3 Å². The first kappa shape index (κ1) is 20.7. The summed E-state index contributed by atoms with van der Waals surface area (Å²) in [6.45, 7) is 3.61. The van der Waals surface area contributed by atoms with E-state index in [2.05, 4.69) is 32.1 Å². The number of ether oxygens (including phenoxy) is 1. The molecule has 0 amide bonds. The van der Waals surface area contributed by atoms with Gasteiger partial charge < -0.3 is 15.8 Å². The Bertz CT molecular complexity index is 1150. The van der Waals surface area contributed by atoms with Crippen molar-refractivity contribution in [3.05, 3.63) is 64.7 Å². The second-order valence-electron chi connectivity index (χ2n) is 6.24. The van der Waals surface area contributed by atoms with Crippen LogP contribution in [-0.2, 0) is 4.74 Å². The predicted molar refractivity (Wildman–Crippen MR) is 112 cm³/mol. The van der Waals surface area contributed by atoms with Crippen molar-refractivity contribution in [1.82, 2.24) is 15.0 Å². The first-order valence-corrected chi connectivity index (χ1v) is 9.20. The van der Waals surface area contributed by atoms with Crippen LogP contribution in [0.1, 0.15) is 34.1 Å². The molecule has 3 aromatic rings. The number of carbonyl (C=O) groups excluding carboxylic acids is 1. The third kappa shape index (κ3) is 4.52. The number of benzene rings is 1. The van der Waals surface area contributed by atoms with Crippen LogP contribution in [0.5, 0.6) is 0 Å². The maximum atomic E-state index is 14.9. The number of pyridine rings is 1. The highest BCUT2D eigenvalue weighted by molar-refractivity contribution is 5.90. The van der Waals surface area contributed by atoms with Crippen molar-refractivity contribution in [3.8, 4) is 23.1 Å². The van der Waals surface area contributed by atoms with Gasteiger partial charge >= 0.3 is 5.97 Å². The van der Waals surface area contributed by atoms with E-state index in [-0.39, 0.29) is 29.4 Å². The van der Waals surface area contributed by atoms with Crippen molar-refractivity contribution in [1.29, 1.82) is 0 Å². The molecular weight excluding hydrogens is 385 g/mol. The lowest BCUT2D eigenvalue weighted by molar-refractivity contribution is 0.0526. The number of halogens is 1. The van der Waals surface area contributed by atoms with Crippen molar-refractivity contribution in [2.45, 2.75) is 13.8 Å². The molecule has 0 fully saturated rings. The quantitative estimate of drug-likeness (QED) is 0.507. The number of aryl methyl sites for hydroxylation is 1. The summed E-state index contributed by atoms with van der Waals surface area (Å²) in [6, 6.07) is 7.65.